The van der Waals surface area contributed by atoms with E-state index in [2.05, 4.69) is 40.2 Å². The van der Waals surface area contributed by atoms with Gasteiger partial charge < -0.3 is 30.0 Å². The third-order valence-electron chi connectivity index (χ3n) is 9.66. The highest BCUT2D eigenvalue weighted by Gasteiger charge is 2.52. The van der Waals surface area contributed by atoms with Gasteiger partial charge in [-0.3, -0.25) is 9.59 Å². The van der Waals surface area contributed by atoms with Crippen LogP contribution in [0.3, 0.4) is 0 Å². The van der Waals surface area contributed by atoms with Gasteiger partial charge in [0.2, 0.25) is 11.8 Å². The number of hydrogen-bond donors (Lipinski definition) is 3. The van der Waals surface area contributed by atoms with Crippen LogP contribution in [0.25, 0.3) is 11.1 Å². The Morgan fingerprint density at radius 3 is 1.96 bits per heavy atom. The van der Waals surface area contributed by atoms with E-state index in [1.165, 1.54) is 0 Å². The van der Waals surface area contributed by atoms with E-state index >= 15 is 0 Å². The smallest absolute Gasteiger partial charge is 0.449 e. The van der Waals surface area contributed by atoms with Crippen molar-refractivity contribution in [2.75, 3.05) is 6.61 Å². The average molecular weight is 628 g/mol. The Labute approximate surface area is 272 Å². The Bertz CT molecular complexity index is 1500. The monoisotopic (exact) mass is 627 g/mol. The normalized spacial score (nSPS) is 22.4. The van der Waals surface area contributed by atoms with Crippen molar-refractivity contribution in [2.24, 2.45) is 5.92 Å². The first-order valence-corrected chi connectivity index (χ1v) is 16.1. The fourth-order valence-corrected chi connectivity index (χ4v) is 6.05. The third kappa shape index (κ3) is 6.78. The van der Waals surface area contributed by atoms with Gasteiger partial charge in [-0.1, -0.05) is 80.6 Å². The number of ether oxygens (including phenoxy) is 1. The molecule has 3 amide bonds. The van der Waals surface area contributed by atoms with Crippen molar-refractivity contribution in [3.05, 3.63) is 83.4 Å². The van der Waals surface area contributed by atoms with Gasteiger partial charge in [0.25, 0.3) is 0 Å². The molecule has 0 radical (unpaired) electrons. The topological polar surface area (TPSA) is 115 Å². The van der Waals surface area contributed by atoms with Crippen LogP contribution in [0.4, 0.5) is 4.79 Å². The molecule has 1 aliphatic heterocycles. The number of carbonyl (C=O) groups excluding carboxylic acids is 3. The Hall–Kier alpha value is -3.89. The largest absolute Gasteiger partial charge is 0.494 e. The molecule has 0 bridgehead atoms. The molecule has 9 nitrogen and oxygen atoms in total. The first kappa shape index (κ1) is 33.5. The maximum atomic E-state index is 13.3. The number of amides is 3. The highest BCUT2D eigenvalue weighted by molar-refractivity contribution is 6.55. The van der Waals surface area contributed by atoms with E-state index in [9.17, 15) is 14.4 Å². The molecular formula is C36H46BN3O6. The Kier molecular flexibility index (Phi) is 9.26. The molecule has 3 N–H and O–H groups in total. The first-order valence-electron chi connectivity index (χ1n) is 16.1. The zero-order valence-corrected chi connectivity index (χ0v) is 28.1. The molecule has 2 aromatic carbocycles. The lowest BCUT2D eigenvalue weighted by Gasteiger charge is -2.32. The molecule has 10 heteroatoms. The van der Waals surface area contributed by atoms with E-state index in [-0.39, 0.29) is 24.3 Å². The number of nitrogens with one attached hydrogen (secondary N) is 3. The minimum absolute atomic E-state index is 0.0915. The van der Waals surface area contributed by atoms with Gasteiger partial charge in [-0.25, -0.2) is 4.79 Å². The van der Waals surface area contributed by atoms with Crippen LogP contribution in [-0.2, 0) is 23.6 Å². The molecule has 2 aromatic rings. The van der Waals surface area contributed by atoms with Crippen molar-refractivity contribution in [3.63, 3.8) is 0 Å². The molecule has 5 rings (SSSR count). The molecule has 244 valence electrons. The molecule has 1 fully saturated rings. The summed E-state index contributed by atoms with van der Waals surface area (Å²) in [4.78, 5) is 39.4. The maximum absolute atomic E-state index is 13.3. The van der Waals surface area contributed by atoms with Crippen molar-refractivity contribution < 1.29 is 28.4 Å². The zero-order chi connectivity index (χ0) is 33.4. The van der Waals surface area contributed by atoms with Gasteiger partial charge in [0.1, 0.15) is 18.7 Å². The molecule has 3 atom stereocenters. The van der Waals surface area contributed by atoms with Crippen molar-refractivity contribution >= 4 is 25.0 Å². The number of benzene rings is 2. The van der Waals surface area contributed by atoms with Crippen molar-refractivity contribution in [2.45, 2.75) is 96.6 Å². The Morgan fingerprint density at radius 1 is 0.870 bits per heavy atom. The summed E-state index contributed by atoms with van der Waals surface area (Å²) in [5.74, 6) is -1.13. The fraction of sp³-hybridized carbons (Fsp3) is 0.472. The number of carbonyl (C=O) groups is 3. The van der Waals surface area contributed by atoms with Crippen LogP contribution in [0.15, 0.2) is 72.2 Å². The van der Waals surface area contributed by atoms with Gasteiger partial charge in [0, 0.05) is 5.92 Å². The number of hydrogen-bond acceptors (Lipinski definition) is 6. The molecule has 1 saturated heterocycles. The summed E-state index contributed by atoms with van der Waals surface area (Å²) in [5.41, 5.74) is 3.86. The quantitative estimate of drug-likeness (QED) is 0.319. The van der Waals surface area contributed by atoms with Crippen molar-refractivity contribution in [3.8, 4) is 11.1 Å². The summed E-state index contributed by atoms with van der Waals surface area (Å²) in [7, 11) is -0.475. The van der Waals surface area contributed by atoms with Crippen LogP contribution in [0, 0.1) is 5.92 Å². The number of alkyl carbamates (subject to hydrolysis) is 1. The zero-order valence-electron chi connectivity index (χ0n) is 28.1. The predicted octanol–water partition coefficient (Wildman–Crippen LogP) is 5.45. The van der Waals surface area contributed by atoms with Gasteiger partial charge in [-0.15, -0.1) is 0 Å². The molecule has 46 heavy (non-hydrogen) atoms. The summed E-state index contributed by atoms with van der Waals surface area (Å²) in [5, 5.41) is 8.53. The second-order valence-electron chi connectivity index (χ2n) is 14.2. The lowest BCUT2D eigenvalue weighted by Crippen LogP contribution is -2.57. The van der Waals surface area contributed by atoms with Gasteiger partial charge in [-0.2, -0.15) is 0 Å². The van der Waals surface area contributed by atoms with Crippen molar-refractivity contribution in [1.29, 1.82) is 0 Å². The Morgan fingerprint density at radius 2 is 1.43 bits per heavy atom. The molecule has 3 aliphatic rings. The number of rotatable bonds is 9. The molecule has 0 spiro atoms. The summed E-state index contributed by atoms with van der Waals surface area (Å²) in [6.07, 6.45) is 5.71. The van der Waals surface area contributed by atoms with E-state index in [0.29, 0.717) is 6.42 Å². The summed E-state index contributed by atoms with van der Waals surface area (Å²) >= 11 is 0. The van der Waals surface area contributed by atoms with E-state index in [4.69, 9.17) is 14.0 Å². The minimum Gasteiger partial charge on any atom is -0.449 e. The third-order valence-corrected chi connectivity index (χ3v) is 9.66. The summed E-state index contributed by atoms with van der Waals surface area (Å²) < 4.78 is 18.0. The van der Waals surface area contributed by atoms with E-state index in [1.807, 2.05) is 91.0 Å². The van der Waals surface area contributed by atoms with Gasteiger partial charge in [0.15, 0.2) is 0 Å². The number of fused-ring (bicyclic) bond motifs is 3. The first-order chi connectivity index (χ1) is 21.6. The lowest BCUT2D eigenvalue weighted by atomic mass is 9.73. The maximum Gasteiger partial charge on any atom is 0.494 e. The highest BCUT2D eigenvalue weighted by Crippen LogP contribution is 2.44. The van der Waals surface area contributed by atoms with Crippen LogP contribution in [-0.4, -0.2) is 60.5 Å². The minimum atomic E-state index is -0.888. The Balaban J connectivity index is 1.13. The van der Waals surface area contributed by atoms with Crippen LogP contribution >= 0.6 is 0 Å². The summed E-state index contributed by atoms with van der Waals surface area (Å²) in [6.45, 7) is 15.4. The molecule has 0 saturated carbocycles. The number of allylic oxidation sites excluding steroid dienone is 2. The van der Waals surface area contributed by atoms with Gasteiger partial charge in [0.05, 0.1) is 16.7 Å². The average Bonchev–Trinajstić information content (AvgIpc) is 3.43. The predicted molar refractivity (Wildman–Crippen MR) is 179 cm³/mol. The molecule has 1 unspecified atom stereocenters. The highest BCUT2D eigenvalue weighted by atomic mass is 16.7. The van der Waals surface area contributed by atoms with E-state index < -0.39 is 47.9 Å². The van der Waals surface area contributed by atoms with E-state index in [1.54, 1.807) is 6.92 Å². The van der Waals surface area contributed by atoms with Gasteiger partial charge >= 0.3 is 13.2 Å². The second-order valence-corrected chi connectivity index (χ2v) is 14.2. The molecule has 2 aliphatic carbocycles. The SMILES string of the molecule is CC(C)[C@H](NC(=O)OCC1c2ccccc2-c2ccccc21)C(=O)N[C@@H](C)C(=O)NC1(C)C=CC(B2OC(C)(C)C(C)(C)O2)=CC1. The second kappa shape index (κ2) is 12.7. The van der Waals surface area contributed by atoms with Crippen LogP contribution in [0.1, 0.15) is 78.9 Å². The standard InChI is InChI=1S/C36H46BN3O6/c1-22(2)30(39-33(43)44-21-29-27-15-11-9-13-25(27)26-14-10-12-16-28(26)29)32(42)38-23(3)31(41)40-36(8)19-17-24(18-20-36)37-45-34(4,5)35(6,7)46-37/h9-19,22-23,29-30H,20-21H2,1-8H3,(H,38,42)(H,39,43)(H,40,41)/t23-,30-,36?/m0/s1. The van der Waals surface area contributed by atoms with Crippen LogP contribution in [0.5, 0.6) is 0 Å². The van der Waals surface area contributed by atoms with E-state index in [0.717, 1.165) is 27.7 Å². The fourth-order valence-electron chi connectivity index (χ4n) is 6.05. The molecule has 1 heterocycles. The van der Waals surface area contributed by atoms with Gasteiger partial charge in [-0.05, 0) is 81.6 Å². The molecule has 0 aromatic heterocycles. The van der Waals surface area contributed by atoms with Crippen LogP contribution < -0.4 is 16.0 Å². The molecular weight excluding hydrogens is 581 g/mol. The van der Waals surface area contributed by atoms with Crippen LogP contribution in [0.2, 0.25) is 0 Å². The van der Waals surface area contributed by atoms with Crippen molar-refractivity contribution in [1.82, 2.24) is 16.0 Å². The summed E-state index contributed by atoms with van der Waals surface area (Å²) in [6, 6.07) is 14.5. The lowest BCUT2D eigenvalue weighted by molar-refractivity contribution is -0.130.